The van der Waals surface area contributed by atoms with Gasteiger partial charge in [-0.05, 0) is 40.8 Å². The van der Waals surface area contributed by atoms with Crippen molar-refractivity contribution in [3.8, 4) is 0 Å². The molecule has 0 unspecified atom stereocenters. The van der Waals surface area contributed by atoms with Crippen molar-refractivity contribution in [3.05, 3.63) is 33.1 Å². The first-order chi connectivity index (χ1) is 5.65. The maximum Gasteiger partial charge on any atom is 0.128 e. The van der Waals surface area contributed by atoms with Gasteiger partial charge in [0.25, 0.3) is 0 Å². The molecule has 0 aliphatic rings. The van der Waals surface area contributed by atoms with E-state index in [0.29, 0.717) is 5.56 Å². The molecule has 0 amide bonds. The molecule has 0 saturated heterocycles. The molecule has 0 aliphatic carbocycles. The van der Waals surface area contributed by atoms with Crippen molar-refractivity contribution < 1.29 is 4.39 Å². The Bertz CT molecular complexity index is 278. The molecule has 12 heavy (non-hydrogen) atoms. The van der Waals surface area contributed by atoms with E-state index >= 15 is 0 Å². The maximum absolute atomic E-state index is 13.1. The number of rotatable bonds is 2. The van der Waals surface area contributed by atoms with E-state index in [4.69, 9.17) is 11.5 Å². The first-order valence-corrected chi connectivity index (χ1v) is 4.63. The molecular formula is C8H10FIN2. The summed E-state index contributed by atoms with van der Waals surface area (Å²) in [6.07, 6.45) is 0. The predicted octanol–water partition coefficient (Wildman–Crippen LogP) is 1.39. The molecule has 4 N–H and O–H groups in total. The van der Waals surface area contributed by atoms with Crippen LogP contribution in [0.1, 0.15) is 11.6 Å². The van der Waals surface area contributed by atoms with Crippen LogP contribution < -0.4 is 11.5 Å². The molecule has 0 fully saturated rings. The highest BCUT2D eigenvalue weighted by atomic mass is 127. The summed E-state index contributed by atoms with van der Waals surface area (Å²) in [7, 11) is 0. The minimum absolute atomic E-state index is 0.261. The SMILES string of the molecule is NC[C@H](N)c1cc(I)ccc1F. The second kappa shape index (κ2) is 4.15. The van der Waals surface area contributed by atoms with E-state index in [-0.39, 0.29) is 12.4 Å². The van der Waals surface area contributed by atoms with Crippen LogP contribution in [0.25, 0.3) is 0 Å². The van der Waals surface area contributed by atoms with E-state index in [1.165, 1.54) is 6.07 Å². The number of nitrogens with two attached hydrogens (primary N) is 2. The van der Waals surface area contributed by atoms with Gasteiger partial charge < -0.3 is 11.5 Å². The monoisotopic (exact) mass is 280 g/mol. The highest BCUT2D eigenvalue weighted by Crippen LogP contribution is 2.17. The first kappa shape index (κ1) is 9.88. The Hall–Kier alpha value is -0.200. The van der Waals surface area contributed by atoms with Crippen molar-refractivity contribution in [3.63, 3.8) is 0 Å². The van der Waals surface area contributed by atoms with Crippen LogP contribution in [-0.2, 0) is 0 Å². The van der Waals surface area contributed by atoms with Crippen molar-refractivity contribution in [1.82, 2.24) is 0 Å². The average Bonchev–Trinajstić information content (AvgIpc) is 2.08. The standard InChI is InChI=1S/C8H10FIN2/c9-7-2-1-5(10)3-6(7)8(12)4-11/h1-3,8H,4,11-12H2/t8-/m0/s1. The Kier molecular flexibility index (Phi) is 3.42. The lowest BCUT2D eigenvalue weighted by atomic mass is 10.1. The van der Waals surface area contributed by atoms with Gasteiger partial charge in [0.1, 0.15) is 5.82 Å². The fourth-order valence-corrected chi connectivity index (χ4v) is 1.44. The van der Waals surface area contributed by atoms with Gasteiger partial charge in [0.2, 0.25) is 0 Å². The lowest BCUT2D eigenvalue weighted by Crippen LogP contribution is -2.21. The zero-order valence-electron chi connectivity index (χ0n) is 6.43. The molecule has 0 aromatic heterocycles. The number of benzene rings is 1. The third-order valence-electron chi connectivity index (χ3n) is 1.61. The zero-order valence-corrected chi connectivity index (χ0v) is 8.58. The lowest BCUT2D eigenvalue weighted by molar-refractivity contribution is 0.583. The van der Waals surface area contributed by atoms with Gasteiger partial charge in [-0.25, -0.2) is 4.39 Å². The summed E-state index contributed by atoms with van der Waals surface area (Å²) in [6.45, 7) is 0.261. The van der Waals surface area contributed by atoms with Crippen molar-refractivity contribution in [1.29, 1.82) is 0 Å². The fraction of sp³-hybridized carbons (Fsp3) is 0.250. The predicted molar refractivity (Wildman–Crippen MR) is 55.1 cm³/mol. The Morgan fingerprint density at radius 3 is 2.75 bits per heavy atom. The highest BCUT2D eigenvalue weighted by molar-refractivity contribution is 14.1. The summed E-state index contributed by atoms with van der Waals surface area (Å²) < 4.78 is 14.0. The highest BCUT2D eigenvalue weighted by Gasteiger charge is 2.09. The molecule has 0 spiro atoms. The van der Waals surface area contributed by atoms with Gasteiger partial charge in [0, 0.05) is 21.7 Å². The summed E-state index contributed by atoms with van der Waals surface area (Å²) >= 11 is 2.11. The molecule has 1 aromatic rings. The quantitative estimate of drug-likeness (QED) is 0.804. The average molecular weight is 280 g/mol. The van der Waals surface area contributed by atoms with Gasteiger partial charge in [0.15, 0.2) is 0 Å². The molecule has 1 rings (SSSR count). The molecule has 1 aromatic carbocycles. The summed E-state index contributed by atoms with van der Waals surface area (Å²) in [6, 6.07) is 4.42. The molecule has 4 heteroatoms. The van der Waals surface area contributed by atoms with Crippen LogP contribution >= 0.6 is 22.6 Å². The summed E-state index contributed by atoms with van der Waals surface area (Å²) in [5, 5.41) is 0. The van der Waals surface area contributed by atoms with Crippen LogP contribution in [0.15, 0.2) is 18.2 Å². The molecule has 0 aliphatic heterocycles. The van der Waals surface area contributed by atoms with Crippen LogP contribution in [0.5, 0.6) is 0 Å². The molecule has 0 bridgehead atoms. The van der Waals surface area contributed by atoms with E-state index in [2.05, 4.69) is 22.6 Å². The van der Waals surface area contributed by atoms with Crippen LogP contribution in [0.2, 0.25) is 0 Å². The second-order valence-electron chi connectivity index (χ2n) is 2.51. The molecule has 2 nitrogen and oxygen atoms in total. The molecule has 0 heterocycles. The van der Waals surface area contributed by atoms with E-state index in [0.717, 1.165) is 3.57 Å². The number of hydrogen-bond acceptors (Lipinski definition) is 2. The largest absolute Gasteiger partial charge is 0.329 e. The van der Waals surface area contributed by atoms with Gasteiger partial charge in [-0.1, -0.05) is 0 Å². The van der Waals surface area contributed by atoms with Crippen molar-refractivity contribution in [2.75, 3.05) is 6.54 Å². The Morgan fingerprint density at radius 2 is 2.17 bits per heavy atom. The minimum atomic E-state index is -0.403. The van der Waals surface area contributed by atoms with Crippen molar-refractivity contribution in [2.45, 2.75) is 6.04 Å². The third-order valence-corrected chi connectivity index (χ3v) is 2.28. The Morgan fingerprint density at radius 1 is 1.50 bits per heavy atom. The molecule has 0 radical (unpaired) electrons. The number of hydrogen-bond donors (Lipinski definition) is 2. The molecular weight excluding hydrogens is 270 g/mol. The fourth-order valence-electron chi connectivity index (χ4n) is 0.926. The van der Waals surface area contributed by atoms with E-state index in [9.17, 15) is 4.39 Å². The molecule has 66 valence electrons. The normalized spacial score (nSPS) is 13.0. The van der Waals surface area contributed by atoms with Crippen LogP contribution in [-0.4, -0.2) is 6.54 Å². The minimum Gasteiger partial charge on any atom is -0.329 e. The first-order valence-electron chi connectivity index (χ1n) is 3.55. The van der Waals surface area contributed by atoms with Gasteiger partial charge in [-0.15, -0.1) is 0 Å². The molecule has 0 saturated carbocycles. The van der Waals surface area contributed by atoms with Crippen LogP contribution in [0.4, 0.5) is 4.39 Å². The van der Waals surface area contributed by atoms with Crippen LogP contribution in [0, 0.1) is 9.39 Å². The van der Waals surface area contributed by atoms with Crippen molar-refractivity contribution in [2.24, 2.45) is 11.5 Å². The van der Waals surface area contributed by atoms with Gasteiger partial charge in [-0.3, -0.25) is 0 Å². The lowest BCUT2D eigenvalue weighted by Gasteiger charge is -2.10. The molecule has 1 atom stereocenters. The van der Waals surface area contributed by atoms with E-state index in [1.54, 1.807) is 12.1 Å². The van der Waals surface area contributed by atoms with E-state index < -0.39 is 6.04 Å². The van der Waals surface area contributed by atoms with Crippen molar-refractivity contribution >= 4 is 22.6 Å². The van der Waals surface area contributed by atoms with Gasteiger partial charge in [0.05, 0.1) is 0 Å². The Labute approximate surface area is 84.3 Å². The summed E-state index contributed by atoms with van der Waals surface area (Å²) in [5.41, 5.74) is 11.4. The number of halogens is 2. The van der Waals surface area contributed by atoms with Gasteiger partial charge in [-0.2, -0.15) is 0 Å². The topological polar surface area (TPSA) is 52.0 Å². The van der Waals surface area contributed by atoms with Crippen LogP contribution in [0.3, 0.4) is 0 Å². The van der Waals surface area contributed by atoms with E-state index in [1.807, 2.05) is 0 Å². The maximum atomic E-state index is 13.1. The second-order valence-corrected chi connectivity index (χ2v) is 3.75. The Balaban J connectivity index is 3.04. The van der Waals surface area contributed by atoms with Gasteiger partial charge >= 0.3 is 0 Å². The smallest absolute Gasteiger partial charge is 0.128 e. The summed E-state index contributed by atoms with van der Waals surface area (Å²) in [5.74, 6) is -0.284. The zero-order chi connectivity index (χ0) is 9.14. The summed E-state index contributed by atoms with van der Waals surface area (Å²) in [4.78, 5) is 0. The third kappa shape index (κ3) is 2.15.